The van der Waals surface area contributed by atoms with E-state index < -0.39 is 6.09 Å². The molecule has 0 saturated heterocycles. The molecule has 16 heavy (non-hydrogen) atoms. The molecule has 0 atom stereocenters. The third kappa shape index (κ3) is 2.30. The number of benzene rings is 1. The third-order valence-corrected chi connectivity index (χ3v) is 2.29. The Hall–Kier alpha value is -1.62. The summed E-state index contributed by atoms with van der Waals surface area (Å²) in [7, 11) is 2.94. The van der Waals surface area contributed by atoms with Crippen molar-refractivity contribution >= 4 is 17.7 Å². The highest BCUT2D eigenvalue weighted by Crippen LogP contribution is 2.42. The summed E-state index contributed by atoms with van der Waals surface area (Å²) in [5, 5.41) is 0.279. The Kier molecular flexibility index (Phi) is 3.84. The molecule has 2 N–H and O–H groups in total. The van der Waals surface area contributed by atoms with Crippen molar-refractivity contribution in [3.05, 3.63) is 16.7 Å². The maximum Gasteiger partial charge on any atom is 0.409 e. The van der Waals surface area contributed by atoms with Crippen molar-refractivity contribution in [2.24, 2.45) is 5.73 Å². The Bertz CT molecular complexity index is 420. The molecule has 1 rings (SSSR count). The highest BCUT2D eigenvalue weighted by Gasteiger charge is 2.17. The molecule has 0 aliphatic heterocycles. The van der Waals surface area contributed by atoms with E-state index in [1.807, 2.05) is 0 Å². The maximum absolute atomic E-state index is 10.7. The van der Waals surface area contributed by atoms with Gasteiger partial charge in [-0.25, -0.2) is 4.79 Å². The number of methoxy groups -OCH3 is 2. The smallest absolute Gasteiger partial charge is 0.409 e. The molecule has 0 spiro atoms. The lowest BCUT2D eigenvalue weighted by molar-refractivity contribution is 0.210. The van der Waals surface area contributed by atoms with Crippen LogP contribution in [0, 0.1) is 6.92 Å². The first kappa shape index (κ1) is 12.4. The molecular formula is C10H12ClNO4. The molecule has 0 radical (unpaired) electrons. The summed E-state index contributed by atoms with van der Waals surface area (Å²) in [5.74, 6) is 1.04. The van der Waals surface area contributed by atoms with Crippen LogP contribution in [0.15, 0.2) is 6.07 Å². The zero-order chi connectivity index (χ0) is 12.3. The lowest BCUT2D eigenvalue weighted by atomic mass is 10.2. The summed E-state index contributed by atoms with van der Waals surface area (Å²) in [4.78, 5) is 10.7. The number of hydrogen-bond acceptors (Lipinski definition) is 4. The summed E-state index contributed by atoms with van der Waals surface area (Å²) >= 11 is 5.93. The van der Waals surface area contributed by atoms with Crippen LogP contribution < -0.4 is 19.9 Å². The van der Waals surface area contributed by atoms with Gasteiger partial charge in [0, 0.05) is 11.6 Å². The topological polar surface area (TPSA) is 70.8 Å². The number of primary amides is 1. The molecule has 6 heteroatoms. The van der Waals surface area contributed by atoms with Crippen LogP contribution in [0.4, 0.5) is 4.79 Å². The minimum atomic E-state index is -0.911. The third-order valence-electron chi connectivity index (χ3n) is 2.01. The monoisotopic (exact) mass is 245 g/mol. The predicted octanol–water partition coefficient (Wildman–Crippen LogP) is 2.12. The second-order valence-corrected chi connectivity index (χ2v) is 3.38. The Balaban J connectivity index is 3.33. The van der Waals surface area contributed by atoms with Crippen LogP contribution in [0.3, 0.4) is 0 Å². The molecule has 0 aromatic heterocycles. The summed E-state index contributed by atoms with van der Waals surface area (Å²) in [6.07, 6.45) is -0.911. The van der Waals surface area contributed by atoms with E-state index in [2.05, 4.69) is 0 Å². The Labute approximate surface area is 98.0 Å². The second-order valence-electron chi connectivity index (χ2n) is 2.97. The number of halogens is 1. The minimum absolute atomic E-state index is 0.246. The summed E-state index contributed by atoms with van der Waals surface area (Å²) in [6, 6.07) is 1.45. The first-order valence-electron chi connectivity index (χ1n) is 4.39. The van der Waals surface area contributed by atoms with Crippen LogP contribution in [0.5, 0.6) is 17.2 Å². The molecule has 0 aliphatic carbocycles. The quantitative estimate of drug-likeness (QED) is 0.886. The van der Waals surface area contributed by atoms with Crippen molar-refractivity contribution in [2.45, 2.75) is 6.92 Å². The normalized spacial score (nSPS) is 9.75. The molecule has 0 unspecified atom stereocenters. The van der Waals surface area contributed by atoms with Gasteiger partial charge in [-0.3, -0.25) is 0 Å². The molecule has 5 nitrogen and oxygen atoms in total. The largest absolute Gasteiger partial charge is 0.492 e. The lowest BCUT2D eigenvalue weighted by Crippen LogP contribution is -2.17. The molecule has 0 bridgehead atoms. The molecule has 1 aromatic carbocycles. The zero-order valence-corrected chi connectivity index (χ0v) is 9.92. The summed E-state index contributed by atoms with van der Waals surface area (Å²) < 4.78 is 15.0. The van der Waals surface area contributed by atoms with Crippen LogP contribution in [0.2, 0.25) is 5.02 Å². The standard InChI is InChI=1S/C10H12ClNO4/c1-5-7(16-10(12)13)4-6(11)9(15-3)8(5)14-2/h4H,1-3H3,(H2,12,13). The lowest BCUT2D eigenvalue weighted by Gasteiger charge is -2.14. The number of hydrogen-bond donors (Lipinski definition) is 1. The minimum Gasteiger partial charge on any atom is -0.492 e. The van der Waals surface area contributed by atoms with E-state index >= 15 is 0 Å². The highest BCUT2D eigenvalue weighted by molar-refractivity contribution is 6.32. The average molecular weight is 246 g/mol. The molecule has 1 amide bonds. The van der Waals surface area contributed by atoms with E-state index in [1.165, 1.54) is 20.3 Å². The SMILES string of the molecule is COc1c(Cl)cc(OC(N)=O)c(C)c1OC. The number of rotatable bonds is 3. The van der Waals surface area contributed by atoms with Gasteiger partial charge < -0.3 is 19.9 Å². The fourth-order valence-corrected chi connectivity index (χ4v) is 1.59. The van der Waals surface area contributed by atoms with Crippen molar-refractivity contribution in [3.63, 3.8) is 0 Å². The van der Waals surface area contributed by atoms with Gasteiger partial charge in [-0.05, 0) is 6.92 Å². The molecular weight excluding hydrogens is 234 g/mol. The van der Waals surface area contributed by atoms with Crippen molar-refractivity contribution < 1.29 is 19.0 Å². The van der Waals surface area contributed by atoms with Gasteiger partial charge in [0.1, 0.15) is 5.75 Å². The molecule has 0 saturated carbocycles. The molecule has 0 heterocycles. The fourth-order valence-electron chi connectivity index (χ4n) is 1.33. The van der Waals surface area contributed by atoms with Gasteiger partial charge in [-0.2, -0.15) is 0 Å². The van der Waals surface area contributed by atoms with Crippen LogP contribution >= 0.6 is 11.6 Å². The van der Waals surface area contributed by atoms with Gasteiger partial charge in [0.2, 0.25) is 0 Å². The average Bonchev–Trinajstić information content (AvgIpc) is 2.21. The van der Waals surface area contributed by atoms with Gasteiger partial charge in [0.05, 0.1) is 19.2 Å². The molecule has 0 fully saturated rings. The van der Waals surface area contributed by atoms with Gasteiger partial charge in [-0.15, -0.1) is 0 Å². The van der Waals surface area contributed by atoms with E-state index in [-0.39, 0.29) is 10.8 Å². The van der Waals surface area contributed by atoms with E-state index in [1.54, 1.807) is 6.92 Å². The van der Waals surface area contributed by atoms with Gasteiger partial charge >= 0.3 is 6.09 Å². The molecule has 0 aliphatic rings. The van der Waals surface area contributed by atoms with E-state index in [0.717, 1.165) is 0 Å². The van der Waals surface area contributed by atoms with E-state index in [4.69, 9.17) is 31.5 Å². The van der Waals surface area contributed by atoms with Crippen LogP contribution in [-0.4, -0.2) is 20.3 Å². The summed E-state index contributed by atoms with van der Waals surface area (Å²) in [5.41, 5.74) is 5.51. The summed E-state index contributed by atoms with van der Waals surface area (Å²) in [6.45, 7) is 1.70. The number of carbonyl (C=O) groups is 1. The zero-order valence-electron chi connectivity index (χ0n) is 9.17. The number of amides is 1. The van der Waals surface area contributed by atoms with E-state index in [9.17, 15) is 4.79 Å². The highest BCUT2D eigenvalue weighted by atomic mass is 35.5. The van der Waals surface area contributed by atoms with Crippen molar-refractivity contribution in [1.29, 1.82) is 0 Å². The van der Waals surface area contributed by atoms with Crippen molar-refractivity contribution in [3.8, 4) is 17.2 Å². The number of carbonyl (C=O) groups excluding carboxylic acids is 1. The number of ether oxygens (including phenoxy) is 3. The first-order chi connectivity index (χ1) is 7.51. The van der Waals surface area contributed by atoms with Crippen LogP contribution in [0.1, 0.15) is 5.56 Å². The van der Waals surface area contributed by atoms with Gasteiger partial charge in [0.25, 0.3) is 0 Å². The van der Waals surface area contributed by atoms with Crippen molar-refractivity contribution in [1.82, 2.24) is 0 Å². The Morgan fingerprint density at radius 3 is 2.31 bits per heavy atom. The fraction of sp³-hybridized carbons (Fsp3) is 0.300. The van der Waals surface area contributed by atoms with E-state index in [0.29, 0.717) is 17.1 Å². The molecule has 88 valence electrons. The Morgan fingerprint density at radius 2 is 1.88 bits per heavy atom. The molecule has 1 aromatic rings. The predicted molar refractivity (Wildman–Crippen MR) is 59.5 cm³/mol. The number of nitrogens with two attached hydrogens (primary N) is 1. The van der Waals surface area contributed by atoms with Crippen molar-refractivity contribution in [2.75, 3.05) is 14.2 Å². The Morgan fingerprint density at radius 1 is 1.31 bits per heavy atom. The van der Waals surface area contributed by atoms with Gasteiger partial charge in [0.15, 0.2) is 11.5 Å². The maximum atomic E-state index is 10.7. The van der Waals surface area contributed by atoms with Crippen LogP contribution in [-0.2, 0) is 0 Å². The second kappa shape index (κ2) is 4.94. The van der Waals surface area contributed by atoms with Crippen LogP contribution in [0.25, 0.3) is 0 Å². The first-order valence-corrected chi connectivity index (χ1v) is 4.77. The van der Waals surface area contributed by atoms with Gasteiger partial charge in [-0.1, -0.05) is 11.6 Å².